The summed E-state index contributed by atoms with van der Waals surface area (Å²) in [7, 11) is -3.08. The van der Waals surface area contributed by atoms with E-state index in [1.165, 1.54) is 148 Å². The molecule has 7 aliphatic rings. The van der Waals surface area contributed by atoms with Crippen molar-refractivity contribution in [3.05, 3.63) is 386 Å². The fraction of sp³-hybridized carbons (Fsp3) is 0.220. The Bertz CT molecular complexity index is 7270. The summed E-state index contributed by atoms with van der Waals surface area (Å²) in [5.74, 6) is 14.0. The van der Waals surface area contributed by atoms with E-state index >= 15 is 0 Å². The Hall–Kier alpha value is -15.4. The molecule has 0 atom stereocenters. The van der Waals surface area contributed by atoms with Crippen LogP contribution in [0.1, 0.15) is 162 Å². The molecule has 15 nitrogen and oxygen atoms in total. The number of anilines is 9. The summed E-state index contributed by atoms with van der Waals surface area (Å²) in [6, 6.07) is 128. The highest BCUT2D eigenvalue weighted by atomic mass is 28.3. The second-order valence-corrected chi connectivity index (χ2v) is 51.6. The van der Waals surface area contributed by atoms with Gasteiger partial charge in [-0.05, 0) is 243 Å². The summed E-state index contributed by atoms with van der Waals surface area (Å²) in [6.07, 6.45) is 23.3. The first kappa shape index (κ1) is 92.3. The summed E-state index contributed by atoms with van der Waals surface area (Å²) in [4.78, 5) is 51.3. The molecule has 4 fully saturated rings. The topological polar surface area (TPSA) is 153 Å². The van der Waals surface area contributed by atoms with Gasteiger partial charge in [0.1, 0.15) is 0 Å². The van der Waals surface area contributed by atoms with Crippen molar-refractivity contribution in [2.45, 2.75) is 179 Å². The molecule has 0 saturated heterocycles. The minimum atomic E-state index is -1.54. The molecule has 3 aliphatic heterocycles. The van der Waals surface area contributed by atoms with Gasteiger partial charge in [0, 0.05) is 67.1 Å². The normalized spacial score (nSPS) is 15.1. The molecule has 18 aromatic rings. The van der Waals surface area contributed by atoms with Crippen LogP contribution in [0.4, 0.5) is 51.2 Å². The van der Waals surface area contributed by atoms with Crippen LogP contribution in [0.3, 0.4) is 0 Å². The summed E-state index contributed by atoms with van der Waals surface area (Å²) in [6.45, 7) is 14.2. The number of hydrogen-bond donors (Lipinski definition) is 0. The van der Waals surface area contributed by atoms with Gasteiger partial charge in [0.05, 0.1) is 50.3 Å². The Balaban J connectivity index is 0.000000120. The molecular formula is C127H118N12O3Si2. The number of aromatic nitrogens is 9. The maximum absolute atomic E-state index is 6.83. The number of fused-ring (bicyclic) bond motifs is 6. The van der Waals surface area contributed by atoms with E-state index in [1.807, 2.05) is 182 Å². The van der Waals surface area contributed by atoms with Crippen LogP contribution >= 0.6 is 0 Å². The summed E-state index contributed by atoms with van der Waals surface area (Å²) < 4.78 is 20.3. The summed E-state index contributed by atoms with van der Waals surface area (Å²) in [5, 5.41) is 2.76. The fourth-order valence-electron chi connectivity index (χ4n) is 21.8. The van der Waals surface area contributed by atoms with Crippen LogP contribution in [-0.2, 0) is 0 Å². The number of rotatable bonds is 18. The van der Waals surface area contributed by atoms with Crippen molar-refractivity contribution in [1.29, 1.82) is 0 Å². The van der Waals surface area contributed by atoms with E-state index in [1.54, 1.807) is 0 Å². The van der Waals surface area contributed by atoms with Crippen molar-refractivity contribution in [3.8, 4) is 137 Å². The highest BCUT2D eigenvalue weighted by Gasteiger charge is 2.36. The molecule has 144 heavy (non-hydrogen) atoms. The van der Waals surface area contributed by atoms with Gasteiger partial charge >= 0.3 is 0 Å². The zero-order valence-electron chi connectivity index (χ0n) is 82.8. The third kappa shape index (κ3) is 19.7. The van der Waals surface area contributed by atoms with Crippen molar-refractivity contribution in [3.63, 3.8) is 0 Å². The zero-order chi connectivity index (χ0) is 97.2. The highest BCUT2D eigenvalue weighted by Crippen LogP contribution is 2.57. The minimum absolute atomic E-state index is 0.613. The number of nitrogens with zero attached hydrogens (tertiary/aromatic N) is 12. The molecule has 4 saturated carbocycles. The van der Waals surface area contributed by atoms with Crippen molar-refractivity contribution in [2.24, 2.45) is 0 Å². The van der Waals surface area contributed by atoms with Gasteiger partial charge in [-0.1, -0.05) is 332 Å². The highest BCUT2D eigenvalue weighted by molar-refractivity contribution is 6.89. The van der Waals surface area contributed by atoms with Gasteiger partial charge in [-0.3, -0.25) is 0 Å². The molecule has 0 N–H and O–H groups in total. The van der Waals surface area contributed by atoms with Crippen LogP contribution in [0.15, 0.2) is 364 Å². The van der Waals surface area contributed by atoms with Crippen molar-refractivity contribution in [2.75, 3.05) is 14.7 Å². The first-order valence-electron chi connectivity index (χ1n) is 51.8. The van der Waals surface area contributed by atoms with Gasteiger partial charge in [0.15, 0.2) is 86.9 Å². The van der Waals surface area contributed by atoms with Gasteiger partial charge in [0.2, 0.25) is 0 Å². The zero-order valence-corrected chi connectivity index (χ0v) is 84.8. The molecule has 15 aromatic carbocycles. The standard InChI is InChI=1S/C45H42N4O.C43H38N4O.C39H38N4OSi2/c1-5-13-31(14-6-1)36-23-27-39-41(29-36)50-42-30-37(32-15-7-2-8-16-32)24-28-40(42)49(39)38-25-21-35(22-26-38)45-47-43(33-17-9-3-10-18-33)46-44(48-45)34-19-11-4-12-20-34;1-3-15-31(16-4-1)41-44-42(32-17-5-2-6-18-32)46-43(45-41)33-19-23-36(24-20-33)47-37-25-21-34(29-11-7-8-12-29)27-39(37)48-40-28-35(22-26-38(40)47)30-13-9-10-14-30;1-45(2,3)31-21-23-33-35(25-31)44-36-26-32(46(4,5)6)22-24-34(36)43(33)30-19-17-29(18-20-30)39-41-37(27-13-9-7-10-14-27)40-38(42-39)28-15-11-8-12-16-28/h3-4,9-12,17-32H,1-2,5-8,13-16H2;1-6,15-30H,7-14H2;7-26H,1-6H3. The van der Waals surface area contributed by atoms with Gasteiger partial charge in [-0.15, -0.1) is 0 Å². The quantitative estimate of drug-likeness (QED) is 0.0748. The Morgan fingerprint density at radius 2 is 0.361 bits per heavy atom. The van der Waals surface area contributed by atoms with E-state index in [-0.39, 0.29) is 0 Å². The van der Waals surface area contributed by atoms with E-state index in [0.29, 0.717) is 76.1 Å². The van der Waals surface area contributed by atoms with Gasteiger partial charge < -0.3 is 28.9 Å². The maximum Gasteiger partial charge on any atom is 0.164 e. The Kier molecular flexibility index (Phi) is 26.0. The molecule has 6 heterocycles. The lowest BCUT2D eigenvalue weighted by Gasteiger charge is -2.34. The molecule has 0 bridgehead atoms. The van der Waals surface area contributed by atoms with Crippen LogP contribution in [0, 0.1) is 0 Å². The molecule has 0 amide bonds. The molecule has 3 aromatic heterocycles. The van der Waals surface area contributed by atoms with Crippen molar-refractivity contribution >= 4 is 77.7 Å². The predicted molar refractivity (Wildman–Crippen MR) is 593 cm³/mol. The smallest absolute Gasteiger partial charge is 0.164 e. The molecule has 25 rings (SSSR count). The molecule has 712 valence electrons. The second kappa shape index (κ2) is 40.5. The molecule has 4 aliphatic carbocycles. The van der Waals surface area contributed by atoms with E-state index in [9.17, 15) is 0 Å². The lowest BCUT2D eigenvalue weighted by molar-refractivity contribution is 0.435. The monoisotopic (exact) mass is 1910 g/mol. The van der Waals surface area contributed by atoms with E-state index in [2.05, 4.69) is 236 Å². The van der Waals surface area contributed by atoms with Crippen LogP contribution in [-0.4, -0.2) is 61.0 Å². The van der Waals surface area contributed by atoms with Gasteiger partial charge in [0.25, 0.3) is 0 Å². The molecule has 0 radical (unpaired) electrons. The van der Waals surface area contributed by atoms with E-state index in [0.717, 1.165) is 136 Å². The first-order valence-corrected chi connectivity index (χ1v) is 58.8. The molecule has 0 unspecified atom stereocenters. The predicted octanol–water partition coefficient (Wildman–Crippen LogP) is 33.8. The van der Waals surface area contributed by atoms with Crippen molar-refractivity contribution in [1.82, 2.24) is 44.9 Å². The van der Waals surface area contributed by atoms with E-state index in [4.69, 9.17) is 59.1 Å². The fourth-order valence-corrected chi connectivity index (χ4v) is 24.1. The summed E-state index contributed by atoms with van der Waals surface area (Å²) >= 11 is 0. The third-order valence-corrected chi connectivity index (χ3v) is 33.8. The lowest BCUT2D eigenvalue weighted by Crippen LogP contribution is -2.38. The first-order chi connectivity index (χ1) is 70.6. The van der Waals surface area contributed by atoms with Crippen LogP contribution in [0.2, 0.25) is 39.3 Å². The SMILES string of the molecule is C[Si](C)(C)c1ccc2c(c1)Oc1cc([Si](C)(C)C)ccc1N2c1ccc(-c2nc(-c3ccccc3)nc(-c3ccccc3)n2)cc1.c1ccc(-c2nc(-c3ccccc3)nc(-c3ccc(N4c5ccc(C6CCCC6)cc5Oc5cc(C6CCCC6)ccc54)cc3)n2)cc1.c1ccc(-c2nc(-c3ccccc3)nc(-c3ccc(N4c5ccc(C6CCCCC6)cc5Oc5cc(C6CCCCC6)ccc54)cc3)n2)cc1. The van der Waals surface area contributed by atoms with Crippen LogP contribution < -0.4 is 39.3 Å². The number of hydrogen-bond acceptors (Lipinski definition) is 15. The lowest BCUT2D eigenvalue weighted by atomic mass is 9.83. The second-order valence-electron chi connectivity index (χ2n) is 41.5. The number of benzene rings is 15. The summed E-state index contributed by atoms with van der Waals surface area (Å²) in [5.41, 5.74) is 23.8. The average Bonchev–Trinajstić information content (AvgIpc) is 0.835. The van der Waals surface area contributed by atoms with E-state index < -0.39 is 16.1 Å². The molecule has 17 heteroatoms. The van der Waals surface area contributed by atoms with Gasteiger partial charge in [-0.25, -0.2) is 44.9 Å². The Morgan fingerprint density at radius 3 is 0.556 bits per heavy atom. The Morgan fingerprint density at radius 1 is 0.188 bits per heavy atom. The Labute approximate surface area is 847 Å². The van der Waals surface area contributed by atoms with Crippen LogP contribution in [0.5, 0.6) is 34.5 Å². The minimum Gasteiger partial charge on any atom is -0.453 e. The average molecular weight is 1920 g/mol. The molecular weight excluding hydrogens is 1800 g/mol. The largest absolute Gasteiger partial charge is 0.453 e. The van der Waals surface area contributed by atoms with Crippen molar-refractivity contribution < 1.29 is 14.2 Å². The van der Waals surface area contributed by atoms with Crippen LogP contribution in [0.25, 0.3) is 102 Å². The third-order valence-electron chi connectivity index (χ3n) is 29.7. The molecule has 0 spiro atoms. The number of ether oxygens (including phenoxy) is 3. The maximum atomic E-state index is 6.83. The van der Waals surface area contributed by atoms with Gasteiger partial charge in [-0.2, -0.15) is 0 Å².